The molecule has 1 heteroatoms. The first kappa shape index (κ1) is 4.80. The van der Waals surface area contributed by atoms with Gasteiger partial charge in [-0.2, -0.15) is 0 Å². The van der Waals surface area contributed by atoms with Gasteiger partial charge in [-0.1, -0.05) is 0 Å². The van der Waals surface area contributed by atoms with Crippen molar-refractivity contribution in [3.05, 3.63) is 0 Å². The molecular formula is C7H12O. The second kappa shape index (κ2) is 1.73. The van der Waals surface area contributed by atoms with E-state index in [0.29, 0.717) is 0 Å². The third-order valence-corrected chi connectivity index (χ3v) is 2.25. The van der Waals surface area contributed by atoms with Gasteiger partial charge in [0.1, 0.15) is 0 Å². The minimum Gasteiger partial charge on any atom is -0.381 e. The average molecular weight is 112 g/mol. The van der Waals surface area contributed by atoms with Crippen LogP contribution in [0.1, 0.15) is 19.3 Å². The molecule has 1 aliphatic carbocycles. The van der Waals surface area contributed by atoms with Gasteiger partial charge in [0.05, 0.1) is 0 Å². The lowest BCUT2D eigenvalue weighted by atomic mass is 10.0. The Morgan fingerprint density at radius 2 is 1.88 bits per heavy atom. The van der Waals surface area contributed by atoms with Crippen LogP contribution >= 0.6 is 0 Å². The Hall–Kier alpha value is -0.0400. The van der Waals surface area contributed by atoms with Gasteiger partial charge < -0.3 is 4.74 Å². The maximum absolute atomic E-state index is 5.26. The molecule has 1 saturated heterocycles. The lowest BCUT2D eigenvalue weighted by Crippen LogP contribution is -1.99. The highest BCUT2D eigenvalue weighted by molar-refractivity contribution is 4.82. The molecule has 1 heterocycles. The smallest absolute Gasteiger partial charge is 0.0497 e. The minimum absolute atomic E-state index is 0.954. The van der Waals surface area contributed by atoms with Crippen LogP contribution in [0.25, 0.3) is 0 Å². The fraction of sp³-hybridized carbons (Fsp3) is 1.00. The molecule has 0 aromatic carbocycles. The summed E-state index contributed by atoms with van der Waals surface area (Å²) in [7, 11) is 0. The third kappa shape index (κ3) is 0.752. The van der Waals surface area contributed by atoms with Gasteiger partial charge in [-0.25, -0.2) is 0 Å². The van der Waals surface area contributed by atoms with Crippen molar-refractivity contribution < 1.29 is 4.74 Å². The van der Waals surface area contributed by atoms with Gasteiger partial charge in [0.2, 0.25) is 0 Å². The Bertz CT molecular complexity index is 80.4. The van der Waals surface area contributed by atoms with Crippen molar-refractivity contribution in [2.45, 2.75) is 19.3 Å². The van der Waals surface area contributed by atoms with E-state index in [0.717, 1.165) is 25.0 Å². The monoisotopic (exact) mass is 112 g/mol. The zero-order chi connectivity index (χ0) is 5.40. The maximum atomic E-state index is 5.26. The predicted octanol–water partition coefficient (Wildman–Crippen LogP) is 1.43. The summed E-state index contributed by atoms with van der Waals surface area (Å²) < 4.78 is 5.26. The van der Waals surface area contributed by atoms with E-state index in [1.54, 1.807) is 0 Å². The molecule has 46 valence electrons. The van der Waals surface area contributed by atoms with Crippen LogP contribution in [0.4, 0.5) is 0 Å². The summed E-state index contributed by atoms with van der Waals surface area (Å²) in [5.41, 5.74) is 0. The summed E-state index contributed by atoms with van der Waals surface area (Å²) in [6.45, 7) is 2.09. The molecule has 0 amide bonds. The topological polar surface area (TPSA) is 9.23 Å². The Balaban J connectivity index is 1.86. The lowest BCUT2D eigenvalue weighted by molar-refractivity contribution is 0.182. The molecule has 0 N–H and O–H groups in total. The largest absolute Gasteiger partial charge is 0.381 e. The highest BCUT2D eigenvalue weighted by atomic mass is 16.5. The van der Waals surface area contributed by atoms with Crippen LogP contribution in [0.5, 0.6) is 0 Å². The van der Waals surface area contributed by atoms with Crippen molar-refractivity contribution >= 4 is 0 Å². The van der Waals surface area contributed by atoms with Crippen LogP contribution < -0.4 is 0 Å². The van der Waals surface area contributed by atoms with Crippen molar-refractivity contribution in [1.29, 1.82) is 0 Å². The van der Waals surface area contributed by atoms with Crippen molar-refractivity contribution in [2.24, 2.45) is 11.8 Å². The molecule has 1 saturated carbocycles. The molecule has 1 atom stereocenters. The molecule has 0 radical (unpaired) electrons. The molecule has 0 bridgehead atoms. The lowest BCUT2D eigenvalue weighted by Gasteiger charge is -2.00. The third-order valence-electron chi connectivity index (χ3n) is 2.25. The van der Waals surface area contributed by atoms with Gasteiger partial charge in [-0.05, 0) is 31.1 Å². The van der Waals surface area contributed by atoms with E-state index in [1.165, 1.54) is 19.3 Å². The average Bonchev–Trinajstić information content (AvgIpc) is 2.49. The van der Waals surface area contributed by atoms with Crippen LogP contribution in [-0.2, 0) is 4.74 Å². The Morgan fingerprint density at radius 1 is 1.00 bits per heavy atom. The Labute approximate surface area is 50.0 Å². The SMILES string of the molecule is C1CC(C2CC2)CO1. The molecule has 1 unspecified atom stereocenters. The van der Waals surface area contributed by atoms with Crippen LogP contribution in [0.3, 0.4) is 0 Å². The Kier molecular flexibility index (Phi) is 1.04. The minimum atomic E-state index is 0.954. The summed E-state index contributed by atoms with van der Waals surface area (Å²) in [4.78, 5) is 0. The summed E-state index contributed by atoms with van der Waals surface area (Å²) in [5, 5.41) is 0. The van der Waals surface area contributed by atoms with E-state index in [4.69, 9.17) is 4.74 Å². The van der Waals surface area contributed by atoms with Crippen LogP contribution in [-0.4, -0.2) is 13.2 Å². The molecule has 2 aliphatic rings. The van der Waals surface area contributed by atoms with Crippen molar-refractivity contribution in [3.63, 3.8) is 0 Å². The first-order valence-corrected chi connectivity index (χ1v) is 3.54. The normalized spacial score (nSPS) is 38.2. The van der Waals surface area contributed by atoms with Gasteiger partial charge in [0.15, 0.2) is 0 Å². The van der Waals surface area contributed by atoms with Gasteiger partial charge >= 0.3 is 0 Å². The van der Waals surface area contributed by atoms with Crippen molar-refractivity contribution in [3.8, 4) is 0 Å². The predicted molar refractivity (Wildman–Crippen MR) is 31.6 cm³/mol. The highest BCUT2D eigenvalue weighted by Gasteiger charge is 2.33. The van der Waals surface area contributed by atoms with E-state index in [-0.39, 0.29) is 0 Å². The fourth-order valence-electron chi connectivity index (χ4n) is 1.49. The molecule has 0 aromatic rings. The van der Waals surface area contributed by atoms with Crippen LogP contribution in [0.15, 0.2) is 0 Å². The van der Waals surface area contributed by atoms with Crippen LogP contribution in [0, 0.1) is 11.8 Å². The standard InChI is InChI=1S/C7H12O/c1-2-6(1)7-3-4-8-5-7/h6-7H,1-5H2. The maximum Gasteiger partial charge on any atom is 0.0497 e. The Morgan fingerprint density at radius 3 is 2.38 bits per heavy atom. The van der Waals surface area contributed by atoms with E-state index in [1.807, 2.05) is 0 Å². The van der Waals surface area contributed by atoms with E-state index in [2.05, 4.69) is 0 Å². The first-order valence-electron chi connectivity index (χ1n) is 3.54. The molecule has 2 rings (SSSR count). The zero-order valence-corrected chi connectivity index (χ0v) is 5.10. The second-order valence-corrected chi connectivity index (χ2v) is 2.96. The molecule has 8 heavy (non-hydrogen) atoms. The number of hydrogen-bond acceptors (Lipinski definition) is 1. The van der Waals surface area contributed by atoms with Gasteiger partial charge in [0.25, 0.3) is 0 Å². The number of ether oxygens (including phenoxy) is 1. The summed E-state index contributed by atoms with van der Waals surface area (Å²) in [6.07, 6.45) is 4.30. The van der Waals surface area contributed by atoms with E-state index < -0.39 is 0 Å². The highest BCUT2D eigenvalue weighted by Crippen LogP contribution is 2.40. The molecule has 2 fully saturated rings. The number of hydrogen-bond donors (Lipinski definition) is 0. The van der Waals surface area contributed by atoms with Gasteiger partial charge in [0, 0.05) is 13.2 Å². The number of rotatable bonds is 1. The zero-order valence-electron chi connectivity index (χ0n) is 5.10. The van der Waals surface area contributed by atoms with Crippen molar-refractivity contribution in [2.75, 3.05) is 13.2 Å². The molecular weight excluding hydrogens is 100 g/mol. The second-order valence-electron chi connectivity index (χ2n) is 2.96. The molecule has 0 aromatic heterocycles. The van der Waals surface area contributed by atoms with Crippen molar-refractivity contribution in [1.82, 2.24) is 0 Å². The summed E-state index contributed by atoms with van der Waals surface area (Å²) in [6, 6.07) is 0. The van der Waals surface area contributed by atoms with E-state index >= 15 is 0 Å². The summed E-state index contributed by atoms with van der Waals surface area (Å²) in [5.74, 6) is 2.02. The molecule has 1 nitrogen and oxygen atoms in total. The van der Waals surface area contributed by atoms with Gasteiger partial charge in [-0.15, -0.1) is 0 Å². The fourth-order valence-corrected chi connectivity index (χ4v) is 1.49. The molecule has 1 aliphatic heterocycles. The van der Waals surface area contributed by atoms with Gasteiger partial charge in [-0.3, -0.25) is 0 Å². The summed E-state index contributed by atoms with van der Waals surface area (Å²) >= 11 is 0. The van der Waals surface area contributed by atoms with Crippen LogP contribution in [0.2, 0.25) is 0 Å². The molecule has 0 spiro atoms. The first-order chi connectivity index (χ1) is 3.97. The van der Waals surface area contributed by atoms with E-state index in [9.17, 15) is 0 Å². The quantitative estimate of drug-likeness (QED) is 0.498.